The van der Waals surface area contributed by atoms with Crippen LogP contribution in [0, 0.1) is 17.1 Å². The van der Waals surface area contributed by atoms with Crippen LogP contribution in [0.4, 0.5) is 4.39 Å². The van der Waals surface area contributed by atoms with Gasteiger partial charge in [-0.2, -0.15) is 5.26 Å². The number of nitrogens with zero attached hydrogens (tertiary/aromatic N) is 3. The third-order valence-electron chi connectivity index (χ3n) is 5.22. The molecule has 3 rings (SSSR count). The Bertz CT molecular complexity index is 956. The van der Waals surface area contributed by atoms with Crippen LogP contribution in [0.5, 0.6) is 11.5 Å². The van der Waals surface area contributed by atoms with Crippen LogP contribution >= 0.6 is 11.6 Å². The SMILES string of the molecule is COc1cc(C#N)ccc1OCCCC(=O)N1CCN(Cc2ccc(F)cc2Cl)CC1. The van der Waals surface area contributed by atoms with Crippen LogP contribution in [0.1, 0.15) is 24.0 Å². The third kappa shape index (κ3) is 6.33. The normalized spacial score (nSPS) is 14.2. The minimum Gasteiger partial charge on any atom is -0.493 e. The summed E-state index contributed by atoms with van der Waals surface area (Å²) in [4.78, 5) is 16.6. The van der Waals surface area contributed by atoms with Gasteiger partial charge in [-0.15, -0.1) is 0 Å². The maximum atomic E-state index is 13.2. The van der Waals surface area contributed by atoms with Gasteiger partial charge in [-0.1, -0.05) is 17.7 Å². The predicted octanol–water partition coefficient (Wildman–Crippen LogP) is 3.86. The number of hydrogen-bond acceptors (Lipinski definition) is 5. The van der Waals surface area contributed by atoms with Crippen molar-refractivity contribution in [1.82, 2.24) is 9.80 Å². The summed E-state index contributed by atoms with van der Waals surface area (Å²) >= 11 is 6.11. The fraction of sp³-hybridized carbons (Fsp3) is 0.391. The third-order valence-corrected chi connectivity index (χ3v) is 5.57. The van der Waals surface area contributed by atoms with Gasteiger partial charge in [-0.3, -0.25) is 9.69 Å². The van der Waals surface area contributed by atoms with Gasteiger partial charge in [0, 0.05) is 50.2 Å². The zero-order valence-corrected chi connectivity index (χ0v) is 18.2. The number of rotatable bonds is 8. The van der Waals surface area contributed by atoms with Gasteiger partial charge < -0.3 is 14.4 Å². The van der Waals surface area contributed by atoms with Crippen LogP contribution in [0.15, 0.2) is 36.4 Å². The lowest BCUT2D eigenvalue weighted by molar-refractivity contribution is -0.133. The second-order valence-electron chi connectivity index (χ2n) is 7.32. The number of nitriles is 1. The Morgan fingerprint density at radius 3 is 2.61 bits per heavy atom. The number of methoxy groups -OCH3 is 1. The number of carbonyl (C=O) groups is 1. The second kappa shape index (κ2) is 11.0. The summed E-state index contributed by atoms with van der Waals surface area (Å²) in [5.74, 6) is 0.824. The molecule has 6 nitrogen and oxygen atoms in total. The summed E-state index contributed by atoms with van der Waals surface area (Å²) in [6, 6.07) is 11.5. The fourth-order valence-corrected chi connectivity index (χ4v) is 3.69. The Kier molecular flexibility index (Phi) is 8.10. The van der Waals surface area contributed by atoms with E-state index in [2.05, 4.69) is 11.0 Å². The first-order chi connectivity index (χ1) is 15.0. The topological polar surface area (TPSA) is 65.8 Å². The van der Waals surface area contributed by atoms with Gasteiger partial charge in [0.05, 0.1) is 25.3 Å². The van der Waals surface area contributed by atoms with Crippen molar-refractivity contribution in [3.8, 4) is 17.6 Å². The molecule has 0 aromatic heterocycles. The first kappa shape index (κ1) is 22.9. The van der Waals surface area contributed by atoms with Crippen molar-refractivity contribution >= 4 is 17.5 Å². The smallest absolute Gasteiger partial charge is 0.222 e. The predicted molar refractivity (Wildman–Crippen MR) is 116 cm³/mol. The molecule has 1 aliphatic heterocycles. The summed E-state index contributed by atoms with van der Waals surface area (Å²) in [6.45, 7) is 3.83. The first-order valence-electron chi connectivity index (χ1n) is 10.1. The van der Waals surface area contributed by atoms with Gasteiger partial charge >= 0.3 is 0 Å². The van der Waals surface area contributed by atoms with Crippen molar-refractivity contribution in [3.05, 3.63) is 58.4 Å². The highest BCUT2D eigenvalue weighted by atomic mass is 35.5. The first-order valence-corrected chi connectivity index (χ1v) is 10.5. The molecule has 1 fully saturated rings. The lowest BCUT2D eigenvalue weighted by Gasteiger charge is -2.35. The van der Waals surface area contributed by atoms with Crippen molar-refractivity contribution in [3.63, 3.8) is 0 Å². The number of hydrogen-bond donors (Lipinski definition) is 0. The monoisotopic (exact) mass is 445 g/mol. The summed E-state index contributed by atoms with van der Waals surface area (Å²) in [5.41, 5.74) is 1.39. The van der Waals surface area contributed by atoms with Gasteiger partial charge in [-0.25, -0.2) is 4.39 Å². The molecule has 0 aliphatic carbocycles. The number of amides is 1. The van der Waals surface area contributed by atoms with E-state index >= 15 is 0 Å². The summed E-state index contributed by atoms with van der Waals surface area (Å²) in [7, 11) is 1.52. The molecule has 31 heavy (non-hydrogen) atoms. The molecule has 0 spiro atoms. The van der Waals surface area contributed by atoms with Gasteiger partial charge in [0.1, 0.15) is 5.82 Å². The van der Waals surface area contributed by atoms with Crippen molar-refractivity contribution in [1.29, 1.82) is 5.26 Å². The number of ether oxygens (including phenoxy) is 2. The minimum atomic E-state index is -0.342. The molecule has 164 valence electrons. The molecule has 1 heterocycles. The highest BCUT2D eigenvalue weighted by Crippen LogP contribution is 2.28. The number of piperazine rings is 1. The molecular formula is C23H25ClFN3O3. The Labute approximate surface area is 186 Å². The Morgan fingerprint density at radius 1 is 1.16 bits per heavy atom. The van der Waals surface area contributed by atoms with Crippen molar-refractivity contribution in [2.45, 2.75) is 19.4 Å². The highest BCUT2D eigenvalue weighted by Gasteiger charge is 2.21. The quantitative estimate of drug-likeness (QED) is 0.577. The molecule has 2 aromatic carbocycles. The molecule has 0 saturated carbocycles. The van der Waals surface area contributed by atoms with E-state index < -0.39 is 0 Å². The second-order valence-corrected chi connectivity index (χ2v) is 7.73. The zero-order valence-electron chi connectivity index (χ0n) is 17.4. The van der Waals surface area contributed by atoms with Gasteiger partial charge in [0.25, 0.3) is 0 Å². The fourth-order valence-electron chi connectivity index (χ4n) is 3.47. The van der Waals surface area contributed by atoms with Crippen molar-refractivity contribution < 1.29 is 18.7 Å². The van der Waals surface area contributed by atoms with Gasteiger partial charge in [0.15, 0.2) is 11.5 Å². The lowest BCUT2D eigenvalue weighted by Crippen LogP contribution is -2.48. The number of carbonyl (C=O) groups excluding carboxylic acids is 1. The molecule has 0 bridgehead atoms. The van der Waals surface area contributed by atoms with E-state index in [9.17, 15) is 9.18 Å². The van der Waals surface area contributed by atoms with Crippen LogP contribution in [-0.4, -0.2) is 55.6 Å². The largest absolute Gasteiger partial charge is 0.493 e. The van der Waals surface area contributed by atoms with E-state index in [1.165, 1.54) is 19.2 Å². The lowest BCUT2D eigenvalue weighted by atomic mass is 10.2. The molecule has 2 aromatic rings. The standard InChI is InChI=1S/C23H25ClFN3O3/c1-30-22-13-17(15-26)4-7-21(22)31-12-2-3-23(29)28-10-8-27(9-11-28)16-18-5-6-19(25)14-20(18)24/h4-7,13-14H,2-3,8-12,16H2,1H3. The van der Waals surface area contributed by atoms with E-state index in [4.69, 9.17) is 26.3 Å². The molecule has 0 radical (unpaired) electrons. The average Bonchev–Trinajstić information content (AvgIpc) is 2.79. The van der Waals surface area contributed by atoms with Gasteiger partial charge in [-0.05, 0) is 36.2 Å². The molecule has 1 saturated heterocycles. The maximum absolute atomic E-state index is 13.2. The maximum Gasteiger partial charge on any atom is 0.222 e. The van der Waals surface area contributed by atoms with E-state index in [0.29, 0.717) is 61.2 Å². The van der Waals surface area contributed by atoms with Crippen LogP contribution < -0.4 is 9.47 Å². The van der Waals surface area contributed by atoms with Crippen molar-refractivity contribution in [2.24, 2.45) is 0 Å². The molecule has 0 atom stereocenters. The molecule has 1 amide bonds. The van der Waals surface area contributed by atoms with E-state index in [1.807, 2.05) is 4.90 Å². The number of halogens is 2. The highest BCUT2D eigenvalue weighted by molar-refractivity contribution is 6.31. The Morgan fingerprint density at radius 2 is 1.94 bits per heavy atom. The average molecular weight is 446 g/mol. The van der Waals surface area contributed by atoms with E-state index in [1.54, 1.807) is 24.3 Å². The molecule has 0 N–H and O–H groups in total. The Balaban J connectivity index is 1.39. The van der Waals surface area contributed by atoms with Crippen LogP contribution in [0.3, 0.4) is 0 Å². The van der Waals surface area contributed by atoms with Crippen molar-refractivity contribution in [2.75, 3.05) is 39.9 Å². The zero-order chi connectivity index (χ0) is 22.2. The summed E-state index contributed by atoms with van der Waals surface area (Å²) in [5, 5.41) is 9.38. The summed E-state index contributed by atoms with van der Waals surface area (Å²) in [6.07, 6.45) is 0.996. The molecule has 8 heteroatoms. The van der Waals surface area contributed by atoms with E-state index in [-0.39, 0.29) is 11.7 Å². The van der Waals surface area contributed by atoms with E-state index in [0.717, 1.165) is 18.7 Å². The molecule has 0 unspecified atom stereocenters. The minimum absolute atomic E-state index is 0.106. The molecule has 1 aliphatic rings. The van der Waals surface area contributed by atoms with Gasteiger partial charge in [0.2, 0.25) is 5.91 Å². The Hall–Kier alpha value is -2.82. The van der Waals surface area contributed by atoms with Crippen LogP contribution in [-0.2, 0) is 11.3 Å². The van der Waals surface area contributed by atoms with Crippen LogP contribution in [0.2, 0.25) is 5.02 Å². The summed E-state index contributed by atoms with van der Waals surface area (Å²) < 4.78 is 24.1. The number of benzene rings is 2. The van der Waals surface area contributed by atoms with Crippen LogP contribution in [0.25, 0.3) is 0 Å². The molecular weight excluding hydrogens is 421 g/mol.